The van der Waals surface area contributed by atoms with Gasteiger partial charge in [-0.25, -0.2) is 9.34 Å². The number of aliphatic hydroxyl groups is 1. The molecule has 5 nitrogen and oxygen atoms in total. The van der Waals surface area contributed by atoms with Crippen LogP contribution in [0.4, 0.5) is 0 Å². The molecule has 0 aliphatic heterocycles. The number of nitrogens with zero attached hydrogens (tertiary/aromatic N) is 3. The molecule has 0 aliphatic rings. The van der Waals surface area contributed by atoms with Crippen LogP contribution >= 0.6 is 7.59 Å². The lowest BCUT2D eigenvalue weighted by Crippen LogP contribution is -2.30. The number of benzene rings is 2. The molecule has 1 N–H and O–H groups in total. The third-order valence-corrected chi connectivity index (χ3v) is 7.73. The summed E-state index contributed by atoms with van der Waals surface area (Å²) in [6, 6.07) is 19.3. The van der Waals surface area contributed by atoms with E-state index in [2.05, 4.69) is 0 Å². The minimum atomic E-state index is -2.85. The topological polar surface area (TPSA) is 47.0 Å². The molecule has 0 aliphatic carbocycles. The summed E-state index contributed by atoms with van der Waals surface area (Å²) >= 11 is 0. The van der Waals surface area contributed by atoms with Gasteiger partial charge in [-0.1, -0.05) is 66.7 Å². The average molecular weight is 387 g/mol. The average Bonchev–Trinajstić information content (AvgIpc) is 2.68. The Hall–Kier alpha value is -1.91. The van der Waals surface area contributed by atoms with E-state index in [1.807, 2.05) is 66.7 Å². The molecule has 0 heterocycles. The SMILES string of the molecule is CN(C)P(=O)(N(C)C)N(C)C=CCC(O)(c1ccccc1)c1ccccc1. The summed E-state index contributed by atoms with van der Waals surface area (Å²) in [6.07, 6.45) is 4.03. The van der Waals surface area contributed by atoms with E-state index in [9.17, 15) is 9.67 Å². The first kappa shape index (κ1) is 21.4. The Morgan fingerprint density at radius 2 is 1.26 bits per heavy atom. The highest BCUT2D eigenvalue weighted by Gasteiger charge is 2.33. The molecule has 0 saturated heterocycles. The van der Waals surface area contributed by atoms with Crippen LogP contribution < -0.4 is 0 Å². The van der Waals surface area contributed by atoms with Gasteiger partial charge in [0.1, 0.15) is 5.60 Å². The predicted octanol–water partition coefficient (Wildman–Crippen LogP) is 3.99. The first-order chi connectivity index (χ1) is 12.7. The molecule has 146 valence electrons. The molecule has 0 amide bonds. The molecule has 0 fully saturated rings. The van der Waals surface area contributed by atoms with Gasteiger partial charge in [0.2, 0.25) is 0 Å². The maximum Gasteiger partial charge on any atom is 0.309 e. The molecule has 27 heavy (non-hydrogen) atoms. The second kappa shape index (κ2) is 8.85. The molecule has 0 radical (unpaired) electrons. The van der Waals surface area contributed by atoms with Crippen LogP contribution in [0.3, 0.4) is 0 Å². The number of hydrogen-bond acceptors (Lipinski definition) is 2. The molecule has 2 rings (SSSR count). The Bertz CT molecular complexity index is 740. The second-order valence-electron chi connectivity index (χ2n) is 6.96. The molecule has 0 aromatic heterocycles. The van der Waals surface area contributed by atoms with Crippen molar-refractivity contribution in [3.63, 3.8) is 0 Å². The van der Waals surface area contributed by atoms with Crippen LogP contribution in [0.2, 0.25) is 0 Å². The molecule has 6 heteroatoms. The molecule has 0 unspecified atom stereocenters. The highest BCUT2D eigenvalue weighted by molar-refractivity contribution is 7.56. The Morgan fingerprint density at radius 1 is 0.852 bits per heavy atom. The zero-order valence-corrected chi connectivity index (χ0v) is 17.7. The second-order valence-corrected chi connectivity index (χ2v) is 10.2. The van der Waals surface area contributed by atoms with Crippen LogP contribution in [0.1, 0.15) is 17.5 Å². The first-order valence-corrected chi connectivity index (χ1v) is 10.5. The van der Waals surface area contributed by atoms with Crippen LogP contribution in [0, 0.1) is 0 Å². The van der Waals surface area contributed by atoms with Gasteiger partial charge in [0.15, 0.2) is 0 Å². The summed E-state index contributed by atoms with van der Waals surface area (Å²) < 4.78 is 18.4. The fourth-order valence-corrected chi connectivity index (χ4v) is 5.33. The first-order valence-electron chi connectivity index (χ1n) is 8.92. The van der Waals surface area contributed by atoms with Crippen LogP contribution in [-0.2, 0) is 10.2 Å². The Morgan fingerprint density at radius 3 is 1.63 bits per heavy atom. The lowest BCUT2D eigenvalue weighted by molar-refractivity contribution is 0.0839. The maximum atomic E-state index is 13.3. The third-order valence-electron chi connectivity index (χ3n) is 4.69. The molecule has 0 saturated carbocycles. The summed E-state index contributed by atoms with van der Waals surface area (Å²) in [5.74, 6) is 0. The van der Waals surface area contributed by atoms with Crippen molar-refractivity contribution in [3.05, 3.63) is 84.1 Å². The minimum Gasteiger partial charge on any atom is -0.380 e. The van der Waals surface area contributed by atoms with Crippen molar-refractivity contribution in [1.82, 2.24) is 14.0 Å². The highest BCUT2D eigenvalue weighted by atomic mass is 31.2. The molecular formula is C21H30N3O2P. The van der Waals surface area contributed by atoms with Gasteiger partial charge in [0, 0.05) is 19.7 Å². The third kappa shape index (κ3) is 4.50. The van der Waals surface area contributed by atoms with Gasteiger partial charge in [-0.3, -0.25) is 4.57 Å². The molecule has 2 aromatic rings. The van der Waals surface area contributed by atoms with E-state index in [1.54, 1.807) is 55.4 Å². The molecule has 0 bridgehead atoms. The Kier molecular flexibility index (Phi) is 7.01. The zero-order chi connectivity index (χ0) is 20.1. The van der Waals surface area contributed by atoms with Crippen molar-refractivity contribution in [2.24, 2.45) is 0 Å². The van der Waals surface area contributed by atoms with Crippen LogP contribution in [0.5, 0.6) is 0 Å². The highest BCUT2D eigenvalue weighted by Crippen LogP contribution is 2.52. The largest absolute Gasteiger partial charge is 0.380 e. The smallest absolute Gasteiger partial charge is 0.309 e. The Labute approximate surface area is 163 Å². The van der Waals surface area contributed by atoms with Crippen molar-refractivity contribution >= 4 is 7.59 Å². The minimum absolute atomic E-state index is 0.367. The molecule has 0 atom stereocenters. The van der Waals surface area contributed by atoms with Gasteiger partial charge in [-0.05, 0) is 39.3 Å². The Balaban J connectivity index is 2.33. The van der Waals surface area contributed by atoms with Gasteiger partial charge in [-0.15, -0.1) is 0 Å². The summed E-state index contributed by atoms with van der Waals surface area (Å²) in [7, 11) is 6.15. The van der Waals surface area contributed by atoms with Gasteiger partial charge >= 0.3 is 7.59 Å². The van der Waals surface area contributed by atoms with E-state index in [0.717, 1.165) is 11.1 Å². The van der Waals surface area contributed by atoms with Gasteiger partial charge < -0.3 is 9.78 Å². The van der Waals surface area contributed by atoms with Crippen molar-refractivity contribution in [2.45, 2.75) is 12.0 Å². The fraction of sp³-hybridized carbons (Fsp3) is 0.333. The van der Waals surface area contributed by atoms with Crippen molar-refractivity contribution in [1.29, 1.82) is 0 Å². The van der Waals surface area contributed by atoms with E-state index in [1.165, 1.54) is 0 Å². The van der Waals surface area contributed by atoms with Gasteiger partial charge in [0.25, 0.3) is 0 Å². The van der Waals surface area contributed by atoms with Crippen LogP contribution in [0.25, 0.3) is 0 Å². The molecular weight excluding hydrogens is 357 g/mol. The van der Waals surface area contributed by atoms with Crippen LogP contribution in [-0.4, -0.2) is 54.4 Å². The van der Waals surface area contributed by atoms with E-state index in [-0.39, 0.29) is 0 Å². The summed E-state index contributed by atoms with van der Waals surface area (Å²) in [4.78, 5) is 0. The normalized spacial score (nSPS) is 12.9. The molecule has 2 aromatic carbocycles. The monoisotopic (exact) mass is 387 g/mol. The van der Waals surface area contributed by atoms with Crippen molar-refractivity contribution < 1.29 is 9.67 Å². The fourth-order valence-electron chi connectivity index (χ4n) is 3.21. The lowest BCUT2D eigenvalue weighted by Gasteiger charge is -2.36. The van der Waals surface area contributed by atoms with Crippen molar-refractivity contribution in [3.8, 4) is 0 Å². The lowest BCUT2D eigenvalue weighted by atomic mass is 9.83. The van der Waals surface area contributed by atoms with Crippen LogP contribution in [0.15, 0.2) is 72.9 Å². The maximum absolute atomic E-state index is 13.3. The van der Waals surface area contributed by atoms with E-state index < -0.39 is 13.2 Å². The quantitative estimate of drug-likeness (QED) is 0.694. The predicted molar refractivity (Wildman–Crippen MR) is 112 cm³/mol. The van der Waals surface area contributed by atoms with Crippen molar-refractivity contribution in [2.75, 3.05) is 35.2 Å². The molecule has 0 spiro atoms. The van der Waals surface area contributed by atoms with Gasteiger partial charge in [0.05, 0.1) is 0 Å². The van der Waals surface area contributed by atoms with E-state index >= 15 is 0 Å². The summed E-state index contributed by atoms with van der Waals surface area (Å²) in [5, 5.41) is 11.5. The van der Waals surface area contributed by atoms with Gasteiger partial charge in [-0.2, -0.15) is 0 Å². The summed E-state index contributed by atoms with van der Waals surface area (Å²) in [5.41, 5.74) is 0.499. The van der Waals surface area contributed by atoms with E-state index in [0.29, 0.717) is 6.42 Å². The number of rotatable bonds is 8. The zero-order valence-electron chi connectivity index (χ0n) is 16.8. The summed E-state index contributed by atoms with van der Waals surface area (Å²) in [6.45, 7) is 0. The standard InChI is InChI=1S/C21H30N3O2P/c1-22(2)27(26,23(3)4)24(5)18-12-17-21(25,19-13-8-6-9-14-19)20-15-10-7-11-16-20/h6-16,18,25H,17H2,1-5H3. The van der Waals surface area contributed by atoms with E-state index in [4.69, 9.17) is 0 Å². The number of hydrogen-bond donors (Lipinski definition) is 1.